The lowest BCUT2D eigenvalue weighted by Crippen LogP contribution is -2.42. The van der Waals surface area contributed by atoms with Crippen molar-refractivity contribution in [2.45, 2.75) is 18.6 Å². The molecule has 1 aromatic rings. The second kappa shape index (κ2) is 6.54. The Kier molecular flexibility index (Phi) is 5.25. The summed E-state index contributed by atoms with van der Waals surface area (Å²) in [5.41, 5.74) is 0.882. The standard InChI is InChI=1S/C13H17Br2NO3/c1-18-13(2-3-19-8-13)7-16-6-9-4-10(14)12(17)11(15)5-9/h4-5,16-17H,2-3,6-8H2,1H3. The van der Waals surface area contributed by atoms with Crippen molar-refractivity contribution in [1.82, 2.24) is 5.32 Å². The minimum absolute atomic E-state index is 0.203. The lowest BCUT2D eigenvalue weighted by molar-refractivity contribution is -0.0159. The summed E-state index contributed by atoms with van der Waals surface area (Å²) in [5, 5.41) is 13.0. The monoisotopic (exact) mass is 393 g/mol. The molecule has 1 saturated heterocycles. The average Bonchev–Trinajstić information content (AvgIpc) is 2.85. The summed E-state index contributed by atoms with van der Waals surface area (Å²) >= 11 is 6.65. The molecule has 0 aromatic heterocycles. The van der Waals surface area contributed by atoms with Crippen molar-refractivity contribution < 1.29 is 14.6 Å². The van der Waals surface area contributed by atoms with Crippen LogP contribution in [0.15, 0.2) is 21.1 Å². The topological polar surface area (TPSA) is 50.7 Å². The zero-order valence-corrected chi connectivity index (χ0v) is 13.9. The zero-order valence-electron chi connectivity index (χ0n) is 10.7. The minimum atomic E-state index is -0.203. The molecular formula is C13H17Br2NO3. The summed E-state index contributed by atoms with van der Waals surface area (Å²) < 4.78 is 12.3. The number of halogens is 2. The van der Waals surface area contributed by atoms with E-state index in [1.165, 1.54) is 0 Å². The molecule has 0 radical (unpaired) electrons. The number of benzene rings is 1. The molecule has 0 aliphatic carbocycles. The average molecular weight is 395 g/mol. The zero-order chi connectivity index (χ0) is 13.9. The Morgan fingerprint density at radius 1 is 1.42 bits per heavy atom. The van der Waals surface area contributed by atoms with E-state index in [9.17, 15) is 5.11 Å². The number of hydrogen-bond acceptors (Lipinski definition) is 4. The number of phenols is 1. The highest BCUT2D eigenvalue weighted by molar-refractivity contribution is 9.11. The van der Waals surface area contributed by atoms with E-state index in [1.54, 1.807) is 7.11 Å². The van der Waals surface area contributed by atoms with Crippen LogP contribution in [0.3, 0.4) is 0 Å². The van der Waals surface area contributed by atoms with Crippen LogP contribution in [0.4, 0.5) is 0 Å². The van der Waals surface area contributed by atoms with Crippen LogP contribution in [0.5, 0.6) is 5.75 Å². The largest absolute Gasteiger partial charge is 0.506 e. The van der Waals surface area contributed by atoms with Gasteiger partial charge in [0.15, 0.2) is 0 Å². The first-order valence-corrected chi connectivity index (χ1v) is 7.65. The molecular weight excluding hydrogens is 378 g/mol. The first-order valence-electron chi connectivity index (χ1n) is 6.07. The van der Waals surface area contributed by atoms with Crippen molar-refractivity contribution in [2.75, 3.05) is 26.9 Å². The van der Waals surface area contributed by atoms with Gasteiger partial charge in [0.1, 0.15) is 11.4 Å². The molecule has 19 heavy (non-hydrogen) atoms. The SMILES string of the molecule is COC1(CNCc2cc(Br)c(O)c(Br)c2)CCOC1. The lowest BCUT2D eigenvalue weighted by Gasteiger charge is -2.26. The van der Waals surface area contributed by atoms with Crippen LogP contribution < -0.4 is 5.32 Å². The molecule has 106 valence electrons. The van der Waals surface area contributed by atoms with Crippen LogP contribution in [0.25, 0.3) is 0 Å². The summed E-state index contributed by atoms with van der Waals surface area (Å²) in [6.07, 6.45) is 0.916. The molecule has 2 rings (SSSR count). The molecule has 1 aliphatic heterocycles. The maximum atomic E-state index is 9.66. The maximum absolute atomic E-state index is 9.66. The summed E-state index contributed by atoms with van der Waals surface area (Å²) in [5.74, 6) is 0.223. The van der Waals surface area contributed by atoms with Crippen LogP contribution in [-0.2, 0) is 16.0 Å². The van der Waals surface area contributed by atoms with Crippen LogP contribution in [-0.4, -0.2) is 37.6 Å². The Bertz CT molecular complexity index is 425. The smallest absolute Gasteiger partial charge is 0.143 e. The van der Waals surface area contributed by atoms with Gasteiger partial charge in [-0.1, -0.05) is 0 Å². The molecule has 2 N–H and O–H groups in total. The van der Waals surface area contributed by atoms with E-state index in [2.05, 4.69) is 37.2 Å². The Labute approximate surface area is 129 Å². The van der Waals surface area contributed by atoms with E-state index in [-0.39, 0.29) is 11.4 Å². The fraction of sp³-hybridized carbons (Fsp3) is 0.538. The highest BCUT2D eigenvalue weighted by Crippen LogP contribution is 2.33. The number of ether oxygens (including phenoxy) is 2. The second-order valence-electron chi connectivity index (χ2n) is 4.70. The Morgan fingerprint density at radius 2 is 2.11 bits per heavy atom. The molecule has 0 spiro atoms. The number of rotatable bonds is 5. The van der Waals surface area contributed by atoms with Crippen LogP contribution in [0.2, 0.25) is 0 Å². The van der Waals surface area contributed by atoms with E-state index in [1.807, 2.05) is 12.1 Å². The molecule has 1 atom stereocenters. The molecule has 1 unspecified atom stereocenters. The molecule has 6 heteroatoms. The number of nitrogens with one attached hydrogen (secondary N) is 1. The van der Waals surface area contributed by atoms with E-state index in [4.69, 9.17) is 9.47 Å². The fourth-order valence-corrected chi connectivity index (χ4v) is 3.40. The van der Waals surface area contributed by atoms with Crippen molar-refractivity contribution in [3.05, 3.63) is 26.6 Å². The van der Waals surface area contributed by atoms with E-state index in [0.29, 0.717) is 22.1 Å². The maximum Gasteiger partial charge on any atom is 0.143 e. The van der Waals surface area contributed by atoms with Crippen LogP contribution in [0, 0.1) is 0 Å². The predicted molar refractivity (Wildman–Crippen MR) is 80.4 cm³/mol. The van der Waals surface area contributed by atoms with E-state index in [0.717, 1.165) is 25.1 Å². The molecule has 1 fully saturated rings. The van der Waals surface area contributed by atoms with Crippen molar-refractivity contribution in [3.63, 3.8) is 0 Å². The van der Waals surface area contributed by atoms with Gasteiger partial charge in [0.2, 0.25) is 0 Å². The molecule has 1 aromatic carbocycles. The third kappa shape index (κ3) is 3.70. The molecule has 1 heterocycles. The van der Waals surface area contributed by atoms with Gasteiger partial charge in [0, 0.05) is 33.2 Å². The van der Waals surface area contributed by atoms with E-state index < -0.39 is 0 Å². The first-order chi connectivity index (χ1) is 9.06. The summed E-state index contributed by atoms with van der Waals surface area (Å²) in [6, 6.07) is 3.80. The highest BCUT2D eigenvalue weighted by Gasteiger charge is 2.34. The number of methoxy groups -OCH3 is 1. The van der Waals surface area contributed by atoms with E-state index >= 15 is 0 Å². The van der Waals surface area contributed by atoms with Gasteiger partial charge >= 0.3 is 0 Å². The Hall–Kier alpha value is -0.140. The quantitative estimate of drug-likeness (QED) is 0.806. The van der Waals surface area contributed by atoms with Gasteiger partial charge in [-0.05, 0) is 49.6 Å². The lowest BCUT2D eigenvalue weighted by atomic mass is 10.0. The highest BCUT2D eigenvalue weighted by atomic mass is 79.9. The summed E-state index contributed by atoms with van der Waals surface area (Å²) in [4.78, 5) is 0. The van der Waals surface area contributed by atoms with Gasteiger partial charge in [0.05, 0.1) is 15.6 Å². The Balaban J connectivity index is 1.92. The number of phenolic OH excluding ortho intramolecular Hbond substituents is 1. The second-order valence-corrected chi connectivity index (χ2v) is 6.41. The third-order valence-corrected chi connectivity index (χ3v) is 4.56. The number of hydrogen-bond donors (Lipinski definition) is 2. The molecule has 4 nitrogen and oxygen atoms in total. The van der Waals surface area contributed by atoms with Crippen molar-refractivity contribution in [1.29, 1.82) is 0 Å². The first kappa shape index (κ1) is 15.3. The van der Waals surface area contributed by atoms with Crippen LogP contribution >= 0.6 is 31.9 Å². The van der Waals surface area contributed by atoms with Crippen molar-refractivity contribution >= 4 is 31.9 Å². The Morgan fingerprint density at radius 3 is 2.63 bits per heavy atom. The predicted octanol–water partition coefficient (Wildman–Crippen LogP) is 2.81. The summed E-state index contributed by atoms with van der Waals surface area (Å²) in [7, 11) is 1.73. The minimum Gasteiger partial charge on any atom is -0.506 e. The van der Waals surface area contributed by atoms with Crippen LogP contribution in [0.1, 0.15) is 12.0 Å². The normalized spacial score (nSPS) is 22.9. The van der Waals surface area contributed by atoms with Crippen molar-refractivity contribution in [3.8, 4) is 5.75 Å². The third-order valence-electron chi connectivity index (χ3n) is 3.35. The van der Waals surface area contributed by atoms with Gasteiger partial charge in [-0.2, -0.15) is 0 Å². The van der Waals surface area contributed by atoms with Gasteiger partial charge in [-0.15, -0.1) is 0 Å². The molecule has 1 aliphatic rings. The molecule has 0 saturated carbocycles. The molecule has 0 bridgehead atoms. The van der Waals surface area contributed by atoms with Crippen molar-refractivity contribution in [2.24, 2.45) is 0 Å². The van der Waals surface area contributed by atoms with Gasteiger partial charge in [-0.3, -0.25) is 0 Å². The van der Waals surface area contributed by atoms with Gasteiger partial charge in [-0.25, -0.2) is 0 Å². The summed E-state index contributed by atoms with van der Waals surface area (Å²) in [6.45, 7) is 2.85. The number of aromatic hydroxyl groups is 1. The van der Waals surface area contributed by atoms with Gasteiger partial charge in [0.25, 0.3) is 0 Å². The molecule has 0 amide bonds. The van der Waals surface area contributed by atoms with Gasteiger partial charge < -0.3 is 19.9 Å². The fourth-order valence-electron chi connectivity index (χ4n) is 2.12.